The summed E-state index contributed by atoms with van der Waals surface area (Å²) in [7, 11) is 1.66. The van der Waals surface area contributed by atoms with Crippen LogP contribution in [0.4, 0.5) is 0 Å². The Labute approximate surface area is 104 Å². The Morgan fingerprint density at radius 1 is 1.44 bits per heavy atom. The monoisotopic (exact) mass is 253 g/mol. The predicted molar refractivity (Wildman–Crippen MR) is 60.7 cm³/mol. The number of carbonyl (C=O) groups excluding carboxylic acids is 1. The molecule has 6 heteroatoms. The minimum Gasteiger partial charge on any atom is -0.479 e. The van der Waals surface area contributed by atoms with Crippen LogP contribution in [0.25, 0.3) is 0 Å². The fourth-order valence-electron chi connectivity index (χ4n) is 1.98. The van der Waals surface area contributed by atoms with E-state index in [1.165, 1.54) is 4.90 Å². The van der Waals surface area contributed by atoms with E-state index in [9.17, 15) is 9.59 Å². The van der Waals surface area contributed by atoms with Crippen molar-refractivity contribution in [1.29, 1.82) is 0 Å². The van der Waals surface area contributed by atoms with Crippen molar-refractivity contribution >= 4 is 11.9 Å². The number of likely N-dealkylation sites (N-methyl/N-ethyl adjacent to an activating group) is 1. The maximum absolute atomic E-state index is 12.0. The second-order valence-corrected chi connectivity index (χ2v) is 4.35. The van der Waals surface area contributed by atoms with Gasteiger partial charge in [0.2, 0.25) is 0 Å². The highest BCUT2D eigenvalue weighted by Crippen LogP contribution is 2.21. The van der Waals surface area contributed by atoms with Gasteiger partial charge in [-0.25, -0.2) is 4.79 Å². The van der Waals surface area contributed by atoms with Crippen molar-refractivity contribution in [2.24, 2.45) is 0 Å². The van der Waals surface area contributed by atoms with Crippen LogP contribution in [0.15, 0.2) is 23.0 Å². The quantitative estimate of drug-likeness (QED) is 0.861. The molecule has 0 spiro atoms. The van der Waals surface area contributed by atoms with Gasteiger partial charge < -0.3 is 19.2 Å². The number of carboxylic acids is 1. The highest BCUT2D eigenvalue weighted by molar-refractivity contribution is 5.82. The molecule has 1 N–H and O–H groups in total. The van der Waals surface area contributed by atoms with Gasteiger partial charge in [0.1, 0.15) is 6.10 Å². The number of aliphatic carboxylic acids is 1. The number of hydrogen-bond donors (Lipinski definition) is 1. The number of rotatable bonds is 4. The number of carbonyl (C=O) groups is 2. The van der Waals surface area contributed by atoms with Gasteiger partial charge in [0, 0.05) is 19.2 Å². The van der Waals surface area contributed by atoms with Crippen molar-refractivity contribution in [1.82, 2.24) is 4.90 Å². The summed E-state index contributed by atoms with van der Waals surface area (Å²) in [4.78, 5) is 24.3. The molecule has 1 aliphatic rings. The molecule has 2 rings (SSSR count). The molecule has 98 valence electrons. The average molecular weight is 253 g/mol. The maximum atomic E-state index is 12.0. The van der Waals surface area contributed by atoms with E-state index < -0.39 is 18.2 Å². The Hall–Kier alpha value is -1.82. The third kappa shape index (κ3) is 2.70. The number of hydrogen-bond acceptors (Lipinski definition) is 4. The summed E-state index contributed by atoms with van der Waals surface area (Å²) in [5, 5.41) is 8.80. The lowest BCUT2D eigenvalue weighted by Gasteiger charge is -2.20. The summed E-state index contributed by atoms with van der Waals surface area (Å²) in [5.74, 6) is -1.21. The van der Waals surface area contributed by atoms with E-state index in [1.54, 1.807) is 25.6 Å². The molecule has 2 heterocycles. The molecule has 6 nitrogen and oxygen atoms in total. The van der Waals surface area contributed by atoms with Gasteiger partial charge in [-0.3, -0.25) is 4.79 Å². The first-order valence-corrected chi connectivity index (χ1v) is 5.72. The third-order valence-corrected chi connectivity index (χ3v) is 2.95. The largest absolute Gasteiger partial charge is 0.479 e. The average Bonchev–Trinajstić information content (AvgIpc) is 2.98. The molecule has 0 aliphatic carbocycles. The second-order valence-electron chi connectivity index (χ2n) is 4.35. The van der Waals surface area contributed by atoms with Gasteiger partial charge in [-0.1, -0.05) is 0 Å². The summed E-state index contributed by atoms with van der Waals surface area (Å²) in [5.41, 5.74) is 0.888. The Balaban J connectivity index is 1.90. The van der Waals surface area contributed by atoms with E-state index >= 15 is 0 Å². The molecule has 1 amide bonds. The Morgan fingerprint density at radius 3 is 2.72 bits per heavy atom. The number of amides is 1. The van der Waals surface area contributed by atoms with Crippen LogP contribution < -0.4 is 0 Å². The van der Waals surface area contributed by atoms with E-state index in [0.717, 1.165) is 5.56 Å². The van der Waals surface area contributed by atoms with Crippen LogP contribution in [0, 0.1) is 0 Å². The molecule has 1 saturated heterocycles. The van der Waals surface area contributed by atoms with E-state index in [0.29, 0.717) is 19.4 Å². The molecule has 18 heavy (non-hydrogen) atoms. The zero-order chi connectivity index (χ0) is 13.1. The van der Waals surface area contributed by atoms with Crippen LogP contribution in [0.2, 0.25) is 0 Å². The predicted octanol–water partition coefficient (Wildman–Crippen LogP) is 0.870. The van der Waals surface area contributed by atoms with Gasteiger partial charge in [-0.2, -0.15) is 0 Å². The molecule has 0 radical (unpaired) electrons. The SMILES string of the molecule is CN(Cc1ccoc1)C(=O)C1CCC(C(=O)O)O1. The summed E-state index contributed by atoms with van der Waals surface area (Å²) in [6.07, 6.45) is 2.43. The lowest BCUT2D eigenvalue weighted by molar-refractivity contribution is -0.154. The molecular weight excluding hydrogens is 238 g/mol. The second kappa shape index (κ2) is 5.22. The van der Waals surface area contributed by atoms with Gasteiger partial charge in [-0.15, -0.1) is 0 Å². The first-order valence-electron chi connectivity index (χ1n) is 5.72. The van der Waals surface area contributed by atoms with Gasteiger partial charge in [0.05, 0.1) is 12.5 Å². The normalized spacial score (nSPS) is 22.9. The molecular formula is C12H15NO5. The molecule has 1 aromatic heterocycles. The number of carboxylic acid groups (broad SMARTS) is 1. The molecule has 2 unspecified atom stereocenters. The highest BCUT2D eigenvalue weighted by atomic mass is 16.5. The van der Waals surface area contributed by atoms with Gasteiger partial charge in [-0.05, 0) is 18.9 Å². The van der Waals surface area contributed by atoms with Crippen LogP contribution >= 0.6 is 0 Å². The van der Waals surface area contributed by atoms with Crippen molar-refractivity contribution in [2.75, 3.05) is 7.05 Å². The van der Waals surface area contributed by atoms with Crippen LogP contribution in [0.5, 0.6) is 0 Å². The number of furan rings is 1. The summed E-state index contributed by atoms with van der Waals surface area (Å²) in [6.45, 7) is 0.424. The van der Waals surface area contributed by atoms with E-state index in [2.05, 4.69) is 0 Å². The van der Waals surface area contributed by atoms with Gasteiger partial charge in [0.25, 0.3) is 5.91 Å². The van der Waals surface area contributed by atoms with E-state index in [1.807, 2.05) is 0 Å². The fourth-order valence-corrected chi connectivity index (χ4v) is 1.98. The van der Waals surface area contributed by atoms with Crippen molar-refractivity contribution in [2.45, 2.75) is 31.6 Å². The molecule has 0 aromatic carbocycles. The maximum Gasteiger partial charge on any atom is 0.332 e. The zero-order valence-electron chi connectivity index (χ0n) is 10.0. The van der Waals surface area contributed by atoms with Crippen LogP contribution in [-0.2, 0) is 20.9 Å². The molecule has 1 aromatic rings. The Bertz CT molecular complexity index is 428. The Morgan fingerprint density at radius 2 is 2.17 bits per heavy atom. The first-order chi connectivity index (χ1) is 8.58. The number of nitrogens with zero attached hydrogens (tertiary/aromatic N) is 1. The molecule has 1 fully saturated rings. The lowest BCUT2D eigenvalue weighted by Crippen LogP contribution is -2.36. The Kier molecular flexibility index (Phi) is 3.66. The fraction of sp³-hybridized carbons (Fsp3) is 0.500. The van der Waals surface area contributed by atoms with Crippen molar-refractivity contribution in [3.8, 4) is 0 Å². The number of ether oxygens (including phenoxy) is 1. The van der Waals surface area contributed by atoms with Crippen molar-refractivity contribution in [3.63, 3.8) is 0 Å². The molecule has 0 bridgehead atoms. The first kappa shape index (κ1) is 12.6. The molecule has 2 atom stereocenters. The van der Waals surface area contributed by atoms with Crippen LogP contribution in [0.3, 0.4) is 0 Å². The minimum atomic E-state index is -1.01. The molecule has 1 aliphatic heterocycles. The lowest BCUT2D eigenvalue weighted by atomic mass is 10.2. The third-order valence-electron chi connectivity index (χ3n) is 2.95. The van der Waals surface area contributed by atoms with Gasteiger partial charge >= 0.3 is 5.97 Å². The van der Waals surface area contributed by atoms with Crippen molar-refractivity contribution in [3.05, 3.63) is 24.2 Å². The highest BCUT2D eigenvalue weighted by Gasteiger charge is 2.35. The van der Waals surface area contributed by atoms with Crippen LogP contribution in [-0.4, -0.2) is 41.1 Å². The summed E-state index contributed by atoms with van der Waals surface area (Å²) < 4.78 is 10.1. The molecule has 0 saturated carbocycles. The van der Waals surface area contributed by atoms with Crippen molar-refractivity contribution < 1.29 is 23.8 Å². The van der Waals surface area contributed by atoms with Gasteiger partial charge in [0.15, 0.2) is 6.10 Å². The van der Waals surface area contributed by atoms with Crippen LogP contribution in [0.1, 0.15) is 18.4 Å². The summed E-state index contributed by atoms with van der Waals surface area (Å²) in [6, 6.07) is 1.78. The zero-order valence-corrected chi connectivity index (χ0v) is 10.0. The smallest absolute Gasteiger partial charge is 0.332 e. The standard InChI is InChI=1S/C12H15NO5/c1-13(6-8-4-5-17-7-8)11(14)9-2-3-10(18-9)12(15)16/h4-5,7,9-10H,2-3,6H2,1H3,(H,15,16). The van der Waals surface area contributed by atoms with E-state index in [-0.39, 0.29) is 5.91 Å². The minimum absolute atomic E-state index is 0.194. The topological polar surface area (TPSA) is 80.0 Å². The summed E-state index contributed by atoms with van der Waals surface area (Å²) >= 11 is 0. The van der Waals surface area contributed by atoms with E-state index in [4.69, 9.17) is 14.3 Å².